The smallest absolute Gasteiger partial charge is 0.262 e. The van der Waals surface area contributed by atoms with E-state index in [0.717, 1.165) is 16.7 Å². The topological polar surface area (TPSA) is 66.5 Å². The summed E-state index contributed by atoms with van der Waals surface area (Å²) in [5.74, 6) is -0.683. The minimum atomic E-state index is -1.08. The molecule has 0 radical (unpaired) electrons. The van der Waals surface area contributed by atoms with Gasteiger partial charge in [-0.2, -0.15) is 0 Å². The van der Waals surface area contributed by atoms with E-state index in [1.165, 1.54) is 12.2 Å². The monoisotopic (exact) mass is 566 g/mol. The van der Waals surface area contributed by atoms with Crippen molar-refractivity contribution in [3.05, 3.63) is 99.2 Å². The molecule has 1 unspecified atom stereocenters. The summed E-state index contributed by atoms with van der Waals surface area (Å²) in [6.07, 6.45) is 6.44. The van der Waals surface area contributed by atoms with Crippen LogP contribution in [-0.4, -0.2) is 33.6 Å². The van der Waals surface area contributed by atoms with E-state index in [-0.39, 0.29) is 17.6 Å². The molecule has 5 nitrogen and oxygen atoms in total. The lowest BCUT2D eigenvalue weighted by Crippen LogP contribution is -2.54. The second-order valence-electron chi connectivity index (χ2n) is 9.68. The van der Waals surface area contributed by atoms with Crippen LogP contribution in [0.4, 0.5) is 0 Å². The van der Waals surface area contributed by atoms with Gasteiger partial charge in [0.05, 0.1) is 3.58 Å². The van der Waals surface area contributed by atoms with E-state index in [1.54, 1.807) is 17.1 Å². The van der Waals surface area contributed by atoms with Crippen molar-refractivity contribution in [3.8, 4) is 0 Å². The van der Waals surface area contributed by atoms with Gasteiger partial charge < -0.3 is 10.2 Å². The molecule has 174 valence electrons. The van der Waals surface area contributed by atoms with Crippen molar-refractivity contribution < 1.29 is 14.4 Å². The lowest BCUT2D eigenvalue weighted by molar-refractivity contribution is -0.139. The van der Waals surface area contributed by atoms with Gasteiger partial charge in [-0.3, -0.25) is 14.4 Å². The molecule has 1 spiro atoms. The summed E-state index contributed by atoms with van der Waals surface area (Å²) in [5, 5.41) is 3.06. The number of aryl methyl sites for hydroxylation is 1. The van der Waals surface area contributed by atoms with E-state index in [9.17, 15) is 14.4 Å². The van der Waals surface area contributed by atoms with Crippen LogP contribution in [0.3, 0.4) is 0 Å². The molecule has 0 bridgehead atoms. The molecule has 1 heterocycles. The van der Waals surface area contributed by atoms with Crippen molar-refractivity contribution in [2.75, 3.05) is 0 Å². The summed E-state index contributed by atoms with van der Waals surface area (Å²) in [7, 11) is 0. The van der Waals surface area contributed by atoms with E-state index in [4.69, 9.17) is 0 Å². The predicted molar refractivity (Wildman–Crippen MR) is 142 cm³/mol. The first-order valence-corrected chi connectivity index (χ1v) is 12.2. The maximum Gasteiger partial charge on any atom is 0.262 e. The Morgan fingerprint density at radius 1 is 0.971 bits per heavy atom. The van der Waals surface area contributed by atoms with Gasteiger partial charge in [-0.25, -0.2) is 0 Å². The Morgan fingerprint density at radius 2 is 1.56 bits per heavy atom. The Labute approximate surface area is 213 Å². The van der Waals surface area contributed by atoms with Crippen LogP contribution >= 0.6 is 22.6 Å². The van der Waals surface area contributed by atoms with E-state index in [1.807, 2.05) is 82.3 Å². The number of hydrogen-bond acceptors (Lipinski definition) is 3. The van der Waals surface area contributed by atoms with E-state index >= 15 is 0 Å². The number of carbonyl (C=O) groups is 3. The number of nitrogens with one attached hydrogen (secondary N) is 1. The van der Waals surface area contributed by atoms with Gasteiger partial charge in [-0.05, 0) is 85.7 Å². The van der Waals surface area contributed by atoms with Crippen LogP contribution in [0.5, 0.6) is 0 Å². The highest BCUT2D eigenvalue weighted by molar-refractivity contribution is 14.1. The average Bonchev–Trinajstić information content (AvgIpc) is 2.98. The number of allylic oxidation sites excluding steroid dienone is 2. The Hall–Kier alpha value is -3.00. The molecule has 1 atom stereocenters. The van der Waals surface area contributed by atoms with Gasteiger partial charge >= 0.3 is 0 Å². The zero-order valence-corrected chi connectivity index (χ0v) is 21.8. The van der Waals surface area contributed by atoms with Crippen LogP contribution in [-0.2, 0) is 14.4 Å². The predicted octanol–water partition coefficient (Wildman–Crippen LogP) is 5.07. The Bertz CT molecular complexity index is 1220. The number of amides is 2. The number of rotatable bonds is 4. The Balaban J connectivity index is 1.95. The van der Waals surface area contributed by atoms with E-state index in [0.29, 0.717) is 9.14 Å². The molecular formula is C28H27IN2O3. The minimum Gasteiger partial charge on any atom is -0.349 e. The van der Waals surface area contributed by atoms with Crippen LogP contribution in [0.2, 0.25) is 0 Å². The largest absolute Gasteiger partial charge is 0.349 e. The first kappa shape index (κ1) is 24.1. The third kappa shape index (κ3) is 4.39. The van der Waals surface area contributed by atoms with Crippen molar-refractivity contribution in [2.45, 2.75) is 44.8 Å². The molecule has 0 aromatic heterocycles. The third-order valence-electron chi connectivity index (χ3n) is 5.89. The zero-order valence-electron chi connectivity index (χ0n) is 19.6. The van der Waals surface area contributed by atoms with Gasteiger partial charge in [0.1, 0.15) is 11.6 Å². The number of ketones is 1. The summed E-state index contributed by atoms with van der Waals surface area (Å²) in [4.78, 5) is 41.5. The number of carbonyl (C=O) groups excluding carboxylic acids is 3. The fraction of sp³-hybridized carbons (Fsp3) is 0.250. The summed E-state index contributed by atoms with van der Waals surface area (Å²) in [6.45, 7) is 7.71. The summed E-state index contributed by atoms with van der Waals surface area (Å²) in [6, 6.07) is 16.4. The molecule has 1 aliphatic heterocycles. The quantitative estimate of drug-likeness (QED) is 0.526. The number of nitrogens with zero attached hydrogens (tertiary/aromatic N) is 1. The number of benzene rings is 2. The van der Waals surface area contributed by atoms with Crippen LogP contribution < -0.4 is 5.32 Å². The van der Waals surface area contributed by atoms with E-state index in [2.05, 4.69) is 27.9 Å². The minimum absolute atomic E-state index is 0.154. The molecule has 1 N–H and O–H groups in total. The highest BCUT2D eigenvalue weighted by atomic mass is 127. The lowest BCUT2D eigenvalue weighted by atomic mass is 9.81. The molecule has 2 aliphatic rings. The molecule has 0 fully saturated rings. The van der Waals surface area contributed by atoms with Gasteiger partial charge in [0.2, 0.25) is 5.91 Å². The SMILES string of the molecule is Cc1ccc(C(C(=O)NC(C)(C)C)N2C(=O)C(I)=C(c3ccccc3)C23C=CC(=O)C=C3)cc1. The Morgan fingerprint density at radius 3 is 2.12 bits per heavy atom. The third-order valence-corrected chi connectivity index (χ3v) is 6.89. The second-order valence-corrected chi connectivity index (χ2v) is 10.8. The number of halogens is 1. The van der Waals surface area contributed by atoms with Gasteiger partial charge in [-0.1, -0.05) is 60.2 Å². The van der Waals surface area contributed by atoms with Crippen LogP contribution in [0.15, 0.2) is 82.5 Å². The van der Waals surface area contributed by atoms with Crippen LogP contribution in [0.1, 0.15) is 43.5 Å². The maximum atomic E-state index is 13.9. The molecular weight excluding hydrogens is 539 g/mol. The standard InChI is InChI=1S/C28H27IN2O3/c1-18-10-12-20(13-11-18)24(25(33)30-27(2,3)4)31-26(34)23(29)22(19-8-6-5-7-9-19)28(31)16-14-21(32)15-17-28/h5-17,24H,1-4H3,(H,30,33). The van der Waals surface area contributed by atoms with Crippen molar-refractivity contribution >= 4 is 45.8 Å². The van der Waals surface area contributed by atoms with E-state index < -0.39 is 17.1 Å². The molecule has 0 saturated carbocycles. The Kier molecular flexibility index (Phi) is 6.38. The molecule has 1 aliphatic carbocycles. The highest BCUT2D eigenvalue weighted by Gasteiger charge is 2.54. The van der Waals surface area contributed by atoms with Gasteiger partial charge in [0, 0.05) is 11.1 Å². The highest BCUT2D eigenvalue weighted by Crippen LogP contribution is 2.50. The molecule has 34 heavy (non-hydrogen) atoms. The first-order valence-electron chi connectivity index (χ1n) is 11.1. The average molecular weight is 566 g/mol. The first-order chi connectivity index (χ1) is 16.0. The van der Waals surface area contributed by atoms with Crippen molar-refractivity contribution in [1.82, 2.24) is 10.2 Å². The summed E-state index contributed by atoms with van der Waals surface area (Å²) < 4.78 is 0.521. The molecule has 4 rings (SSSR count). The molecule has 0 saturated heterocycles. The van der Waals surface area contributed by atoms with Crippen molar-refractivity contribution in [1.29, 1.82) is 0 Å². The van der Waals surface area contributed by atoms with Crippen LogP contribution in [0, 0.1) is 6.92 Å². The molecule has 2 amide bonds. The maximum absolute atomic E-state index is 13.9. The normalized spacial score (nSPS) is 18.1. The zero-order chi connectivity index (χ0) is 24.7. The fourth-order valence-corrected chi connectivity index (χ4v) is 5.44. The fourth-order valence-electron chi connectivity index (χ4n) is 4.43. The van der Waals surface area contributed by atoms with Gasteiger partial charge in [0.25, 0.3) is 5.91 Å². The van der Waals surface area contributed by atoms with Crippen LogP contribution in [0.25, 0.3) is 5.57 Å². The summed E-state index contributed by atoms with van der Waals surface area (Å²) in [5.41, 5.74) is 1.82. The second kappa shape index (κ2) is 8.98. The number of hydrogen-bond donors (Lipinski definition) is 1. The molecule has 6 heteroatoms. The summed E-state index contributed by atoms with van der Waals surface area (Å²) >= 11 is 2.07. The van der Waals surface area contributed by atoms with Gasteiger partial charge in [0.15, 0.2) is 5.78 Å². The lowest BCUT2D eigenvalue weighted by Gasteiger charge is -2.42. The van der Waals surface area contributed by atoms with Crippen molar-refractivity contribution in [2.24, 2.45) is 0 Å². The molecule has 2 aromatic rings. The molecule has 2 aromatic carbocycles. The van der Waals surface area contributed by atoms with Crippen molar-refractivity contribution in [3.63, 3.8) is 0 Å². The van der Waals surface area contributed by atoms with Gasteiger partial charge in [-0.15, -0.1) is 0 Å².